The van der Waals surface area contributed by atoms with E-state index < -0.39 is 17.7 Å². The molecular formula is C12H7Cl2FN2O3. The molecule has 0 saturated heterocycles. The summed E-state index contributed by atoms with van der Waals surface area (Å²) in [6, 6.07) is 4.34. The van der Waals surface area contributed by atoms with E-state index in [-0.39, 0.29) is 27.1 Å². The molecule has 0 saturated carbocycles. The molecule has 1 aromatic carbocycles. The molecule has 20 heavy (non-hydrogen) atoms. The number of nitrogens with one attached hydrogen (secondary N) is 2. The highest BCUT2D eigenvalue weighted by atomic mass is 35.5. The third-order valence-corrected chi connectivity index (χ3v) is 3.12. The minimum absolute atomic E-state index is 0.0279. The number of aromatic carboxylic acids is 1. The summed E-state index contributed by atoms with van der Waals surface area (Å²) in [5.74, 6) is -2.68. The van der Waals surface area contributed by atoms with Crippen LogP contribution in [0.2, 0.25) is 10.2 Å². The minimum atomic E-state index is -1.23. The third-order valence-electron chi connectivity index (χ3n) is 2.43. The maximum absolute atomic E-state index is 13.5. The van der Waals surface area contributed by atoms with Gasteiger partial charge in [0.15, 0.2) is 0 Å². The van der Waals surface area contributed by atoms with E-state index in [1.807, 2.05) is 0 Å². The van der Waals surface area contributed by atoms with Gasteiger partial charge in [0.25, 0.3) is 5.91 Å². The molecule has 5 nitrogen and oxygen atoms in total. The predicted octanol–water partition coefficient (Wildman–Crippen LogP) is 3.41. The summed E-state index contributed by atoms with van der Waals surface area (Å²) in [6.45, 7) is 0. The molecule has 0 aliphatic rings. The smallest absolute Gasteiger partial charge is 0.335 e. The number of aromatic amines is 1. The van der Waals surface area contributed by atoms with Crippen molar-refractivity contribution >= 4 is 40.8 Å². The summed E-state index contributed by atoms with van der Waals surface area (Å²) in [6.07, 6.45) is 0. The second kappa shape index (κ2) is 5.52. The van der Waals surface area contributed by atoms with Crippen LogP contribution < -0.4 is 5.32 Å². The molecule has 104 valence electrons. The molecule has 0 fully saturated rings. The Labute approximate surface area is 122 Å². The van der Waals surface area contributed by atoms with E-state index in [9.17, 15) is 14.0 Å². The number of hydrogen-bond acceptors (Lipinski definition) is 2. The average molecular weight is 317 g/mol. The number of H-pyrrole nitrogens is 1. The molecular weight excluding hydrogens is 310 g/mol. The van der Waals surface area contributed by atoms with Gasteiger partial charge in [0, 0.05) is 0 Å². The molecule has 0 atom stereocenters. The first kappa shape index (κ1) is 14.4. The second-order valence-electron chi connectivity index (χ2n) is 3.80. The second-order valence-corrected chi connectivity index (χ2v) is 4.58. The fourth-order valence-electron chi connectivity index (χ4n) is 1.47. The van der Waals surface area contributed by atoms with Crippen LogP contribution >= 0.6 is 23.2 Å². The zero-order chi connectivity index (χ0) is 14.9. The molecule has 1 heterocycles. The molecule has 2 aromatic rings. The predicted molar refractivity (Wildman–Crippen MR) is 72.1 cm³/mol. The Hall–Kier alpha value is -2.05. The molecule has 8 heteroatoms. The highest BCUT2D eigenvalue weighted by molar-refractivity contribution is 6.41. The number of anilines is 1. The lowest BCUT2D eigenvalue weighted by atomic mass is 10.2. The molecule has 0 unspecified atom stereocenters. The summed E-state index contributed by atoms with van der Waals surface area (Å²) in [5.41, 5.74) is -0.374. The number of carbonyl (C=O) groups is 2. The van der Waals surface area contributed by atoms with E-state index in [0.717, 1.165) is 18.2 Å². The fourth-order valence-corrected chi connectivity index (χ4v) is 1.78. The van der Waals surface area contributed by atoms with Crippen LogP contribution in [0.25, 0.3) is 0 Å². The van der Waals surface area contributed by atoms with Gasteiger partial charge in [-0.2, -0.15) is 0 Å². The van der Waals surface area contributed by atoms with Gasteiger partial charge in [-0.3, -0.25) is 4.79 Å². The van der Waals surface area contributed by atoms with Crippen molar-refractivity contribution in [1.29, 1.82) is 0 Å². The zero-order valence-corrected chi connectivity index (χ0v) is 11.2. The van der Waals surface area contributed by atoms with E-state index in [1.165, 1.54) is 6.07 Å². The minimum Gasteiger partial charge on any atom is -0.478 e. The van der Waals surface area contributed by atoms with Gasteiger partial charge >= 0.3 is 5.97 Å². The summed E-state index contributed by atoms with van der Waals surface area (Å²) >= 11 is 11.3. The van der Waals surface area contributed by atoms with Crippen LogP contribution in [0.1, 0.15) is 20.8 Å². The Bertz CT molecular complexity index is 681. The van der Waals surface area contributed by atoms with E-state index in [4.69, 9.17) is 28.3 Å². The largest absolute Gasteiger partial charge is 0.478 e. The quantitative estimate of drug-likeness (QED) is 0.811. The number of carboxylic acid groups (broad SMARTS) is 1. The fraction of sp³-hybridized carbons (Fsp3) is 0. The number of carboxylic acids is 1. The molecule has 0 radical (unpaired) electrons. The van der Waals surface area contributed by atoms with Crippen LogP contribution in [0.3, 0.4) is 0 Å². The Morgan fingerprint density at radius 2 is 1.95 bits per heavy atom. The highest BCUT2D eigenvalue weighted by Gasteiger charge is 2.15. The van der Waals surface area contributed by atoms with Crippen LogP contribution in [-0.2, 0) is 0 Å². The Balaban J connectivity index is 2.27. The van der Waals surface area contributed by atoms with Crippen LogP contribution in [-0.4, -0.2) is 22.0 Å². The van der Waals surface area contributed by atoms with Crippen molar-refractivity contribution in [3.8, 4) is 0 Å². The first-order valence-corrected chi connectivity index (χ1v) is 6.02. The van der Waals surface area contributed by atoms with Gasteiger partial charge < -0.3 is 15.4 Å². The first-order valence-electron chi connectivity index (χ1n) is 5.26. The van der Waals surface area contributed by atoms with Crippen molar-refractivity contribution in [2.75, 3.05) is 5.32 Å². The third kappa shape index (κ3) is 2.92. The van der Waals surface area contributed by atoms with Gasteiger partial charge in [0.2, 0.25) is 0 Å². The normalized spacial score (nSPS) is 10.3. The first-order chi connectivity index (χ1) is 9.38. The van der Waals surface area contributed by atoms with Gasteiger partial charge in [-0.15, -0.1) is 0 Å². The van der Waals surface area contributed by atoms with Crippen molar-refractivity contribution in [2.45, 2.75) is 0 Å². The Morgan fingerprint density at radius 3 is 2.50 bits per heavy atom. The van der Waals surface area contributed by atoms with Gasteiger partial charge in [0.1, 0.15) is 16.7 Å². The lowest BCUT2D eigenvalue weighted by Crippen LogP contribution is -2.14. The Morgan fingerprint density at radius 1 is 1.25 bits per heavy atom. The number of aromatic nitrogens is 1. The lowest BCUT2D eigenvalue weighted by Gasteiger charge is -2.06. The van der Waals surface area contributed by atoms with Crippen molar-refractivity contribution < 1.29 is 19.1 Å². The molecule has 1 amide bonds. The monoisotopic (exact) mass is 316 g/mol. The van der Waals surface area contributed by atoms with Gasteiger partial charge in [-0.1, -0.05) is 23.2 Å². The highest BCUT2D eigenvalue weighted by Crippen LogP contribution is 2.23. The van der Waals surface area contributed by atoms with E-state index in [2.05, 4.69) is 10.3 Å². The molecule has 3 N–H and O–H groups in total. The molecule has 0 aliphatic carbocycles. The zero-order valence-electron chi connectivity index (χ0n) is 9.71. The van der Waals surface area contributed by atoms with Crippen molar-refractivity contribution in [3.63, 3.8) is 0 Å². The van der Waals surface area contributed by atoms with Crippen LogP contribution in [0.15, 0.2) is 24.3 Å². The number of amides is 1. The van der Waals surface area contributed by atoms with Crippen LogP contribution in [0, 0.1) is 5.82 Å². The SMILES string of the molecule is O=C(O)c1ccc(F)c(NC(=O)c2cc(Cl)c(Cl)[nH]2)c1. The standard InChI is InChI=1S/C12H7Cl2FN2O3/c13-6-4-9(16-10(6)14)11(18)17-8-3-5(12(19)20)1-2-7(8)15/h1-4,16H,(H,17,18)(H,19,20). The maximum Gasteiger partial charge on any atom is 0.335 e. The topological polar surface area (TPSA) is 82.2 Å². The molecule has 0 bridgehead atoms. The van der Waals surface area contributed by atoms with Gasteiger partial charge in [0.05, 0.1) is 16.3 Å². The van der Waals surface area contributed by atoms with Crippen molar-refractivity contribution in [1.82, 2.24) is 4.98 Å². The summed E-state index contributed by atoms with van der Waals surface area (Å²) < 4.78 is 13.5. The number of hydrogen-bond donors (Lipinski definition) is 3. The number of rotatable bonds is 3. The molecule has 1 aromatic heterocycles. The molecule has 0 aliphatic heterocycles. The van der Waals surface area contributed by atoms with Crippen molar-refractivity contribution in [3.05, 3.63) is 51.5 Å². The number of halogens is 3. The average Bonchev–Trinajstić information content (AvgIpc) is 2.72. The lowest BCUT2D eigenvalue weighted by molar-refractivity contribution is 0.0696. The van der Waals surface area contributed by atoms with Gasteiger partial charge in [-0.25, -0.2) is 9.18 Å². The van der Waals surface area contributed by atoms with Crippen LogP contribution in [0.4, 0.5) is 10.1 Å². The number of carbonyl (C=O) groups excluding carboxylic acids is 1. The molecule has 2 rings (SSSR count). The van der Waals surface area contributed by atoms with E-state index in [0.29, 0.717) is 0 Å². The van der Waals surface area contributed by atoms with E-state index >= 15 is 0 Å². The molecule has 0 spiro atoms. The number of benzene rings is 1. The van der Waals surface area contributed by atoms with Crippen molar-refractivity contribution in [2.24, 2.45) is 0 Å². The summed E-state index contributed by atoms with van der Waals surface area (Å²) in [5, 5.41) is 11.3. The Kier molecular flexibility index (Phi) is 3.96. The summed E-state index contributed by atoms with van der Waals surface area (Å²) in [7, 11) is 0. The summed E-state index contributed by atoms with van der Waals surface area (Å²) in [4.78, 5) is 25.1. The van der Waals surface area contributed by atoms with Crippen LogP contribution in [0.5, 0.6) is 0 Å². The maximum atomic E-state index is 13.5. The van der Waals surface area contributed by atoms with Gasteiger partial charge in [-0.05, 0) is 24.3 Å². The van der Waals surface area contributed by atoms with E-state index in [1.54, 1.807) is 0 Å².